The number of thioether (sulfide) groups is 1. The number of aromatic nitrogens is 2. The second kappa shape index (κ2) is 12.6. The Bertz CT molecular complexity index is 963. The van der Waals surface area contributed by atoms with E-state index in [1.807, 2.05) is 65.7 Å². The van der Waals surface area contributed by atoms with E-state index in [9.17, 15) is 9.59 Å². The van der Waals surface area contributed by atoms with Gasteiger partial charge in [-0.15, -0.1) is 0 Å². The molecule has 0 spiro atoms. The van der Waals surface area contributed by atoms with Crippen LogP contribution in [0.4, 0.5) is 0 Å². The summed E-state index contributed by atoms with van der Waals surface area (Å²) in [6, 6.07) is 18.4. The molecule has 0 aliphatic heterocycles. The van der Waals surface area contributed by atoms with E-state index < -0.39 is 6.04 Å². The van der Waals surface area contributed by atoms with Crippen molar-refractivity contribution >= 4 is 23.6 Å². The van der Waals surface area contributed by atoms with Crippen LogP contribution in [0.25, 0.3) is 0 Å². The zero-order valence-corrected chi connectivity index (χ0v) is 18.9. The molecule has 1 atom stereocenters. The third-order valence-electron chi connectivity index (χ3n) is 4.77. The molecule has 2 N–H and O–H groups in total. The van der Waals surface area contributed by atoms with Crippen LogP contribution >= 0.6 is 11.8 Å². The van der Waals surface area contributed by atoms with Crippen LogP contribution in [0.2, 0.25) is 0 Å². The molecular formula is C24H28N4O3S. The van der Waals surface area contributed by atoms with Crippen LogP contribution in [0.15, 0.2) is 73.1 Å². The molecule has 2 amide bonds. The Morgan fingerprint density at radius 1 is 1.06 bits per heavy atom. The Labute approximate surface area is 192 Å². The Morgan fingerprint density at radius 2 is 1.81 bits per heavy atom. The normalized spacial score (nSPS) is 11.5. The second-order valence-electron chi connectivity index (χ2n) is 7.24. The van der Waals surface area contributed by atoms with Crippen molar-refractivity contribution in [2.75, 3.05) is 18.6 Å². The quantitative estimate of drug-likeness (QED) is 0.441. The van der Waals surface area contributed by atoms with Crippen LogP contribution in [-0.4, -0.2) is 46.3 Å². The molecule has 1 unspecified atom stereocenters. The average molecular weight is 453 g/mol. The molecule has 3 rings (SSSR count). The van der Waals surface area contributed by atoms with Gasteiger partial charge in [0.05, 0.1) is 6.54 Å². The lowest BCUT2D eigenvalue weighted by atomic mass is 10.1. The van der Waals surface area contributed by atoms with E-state index in [-0.39, 0.29) is 18.4 Å². The summed E-state index contributed by atoms with van der Waals surface area (Å²) in [4.78, 5) is 25.0. The number of rotatable bonds is 12. The fourth-order valence-electron chi connectivity index (χ4n) is 3.06. The molecule has 8 heteroatoms. The highest BCUT2D eigenvalue weighted by Crippen LogP contribution is 2.09. The van der Waals surface area contributed by atoms with Crippen LogP contribution in [0.1, 0.15) is 17.5 Å². The van der Waals surface area contributed by atoms with E-state index in [4.69, 9.17) is 4.74 Å². The number of nitrogens with zero attached hydrogens (tertiary/aromatic N) is 2. The maximum Gasteiger partial charge on any atom is 0.258 e. The van der Waals surface area contributed by atoms with Gasteiger partial charge in [-0.3, -0.25) is 14.3 Å². The summed E-state index contributed by atoms with van der Waals surface area (Å²) >= 11 is 1.63. The lowest BCUT2D eigenvalue weighted by Crippen LogP contribution is -2.48. The van der Waals surface area contributed by atoms with E-state index in [0.717, 1.165) is 16.9 Å². The van der Waals surface area contributed by atoms with Crippen LogP contribution < -0.4 is 15.4 Å². The largest absolute Gasteiger partial charge is 0.484 e. The summed E-state index contributed by atoms with van der Waals surface area (Å²) in [5.41, 5.74) is 2.12. The Morgan fingerprint density at radius 3 is 2.50 bits per heavy atom. The van der Waals surface area contributed by atoms with Crippen LogP contribution in [0.3, 0.4) is 0 Å². The molecule has 168 valence electrons. The molecule has 0 aliphatic carbocycles. The molecule has 1 aromatic heterocycles. The molecule has 0 saturated heterocycles. The molecule has 1 heterocycles. The molecule has 0 radical (unpaired) electrons. The van der Waals surface area contributed by atoms with Gasteiger partial charge in [0.1, 0.15) is 11.8 Å². The number of nitrogens with one attached hydrogen (secondary N) is 2. The first kappa shape index (κ1) is 23.4. The topological polar surface area (TPSA) is 85.2 Å². The SMILES string of the molecule is CSCCC(NC(=O)COc1ccccc1)C(=O)NCc1ccc(Cn2cccn2)cc1. The van der Waals surface area contributed by atoms with Gasteiger partial charge in [0, 0.05) is 18.9 Å². The van der Waals surface area contributed by atoms with Gasteiger partial charge in [-0.1, -0.05) is 42.5 Å². The smallest absolute Gasteiger partial charge is 0.258 e. The highest BCUT2D eigenvalue weighted by molar-refractivity contribution is 7.98. The number of amides is 2. The van der Waals surface area contributed by atoms with Gasteiger partial charge in [0.2, 0.25) is 5.91 Å². The average Bonchev–Trinajstić information content (AvgIpc) is 3.33. The van der Waals surface area contributed by atoms with Gasteiger partial charge in [0.15, 0.2) is 6.61 Å². The highest BCUT2D eigenvalue weighted by Gasteiger charge is 2.20. The van der Waals surface area contributed by atoms with Gasteiger partial charge in [-0.2, -0.15) is 16.9 Å². The summed E-state index contributed by atoms with van der Waals surface area (Å²) in [6.45, 7) is 0.964. The van der Waals surface area contributed by atoms with Crippen molar-refractivity contribution in [3.05, 3.63) is 84.2 Å². The van der Waals surface area contributed by atoms with Crippen molar-refractivity contribution in [1.29, 1.82) is 0 Å². The Balaban J connectivity index is 1.48. The van der Waals surface area contributed by atoms with Crippen LogP contribution in [0, 0.1) is 0 Å². The maximum absolute atomic E-state index is 12.7. The number of hydrogen-bond acceptors (Lipinski definition) is 5. The minimum absolute atomic E-state index is 0.134. The van der Waals surface area contributed by atoms with Gasteiger partial charge in [-0.05, 0) is 47.8 Å². The second-order valence-corrected chi connectivity index (χ2v) is 8.23. The van der Waals surface area contributed by atoms with Crippen molar-refractivity contribution < 1.29 is 14.3 Å². The summed E-state index contributed by atoms with van der Waals surface area (Å²) in [5, 5.41) is 9.93. The van der Waals surface area contributed by atoms with E-state index in [2.05, 4.69) is 15.7 Å². The fourth-order valence-corrected chi connectivity index (χ4v) is 3.53. The first-order valence-electron chi connectivity index (χ1n) is 10.4. The summed E-state index contributed by atoms with van der Waals surface area (Å²) in [5.74, 6) is 0.856. The highest BCUT2D eigenvalue weighted by atomic mass is 32.2. The molecular weight excluding hydrogens is 424 g/mol. The van der Waals surface area contributed by atoms with E-state index in [1.54, 1.807) is 30.1 Å². The maximum atomic E-state index is 12.7. The number of carbonyl (C=O) groups excluding carboxylic acids is 2. The first-order chi connectivity index (χ1) is 15.6. The molecule has 32 heavy (non-hydrogen) atoms. The summed E-state index contributed by atoms with van der Waals surface area (Å²) < 4.78 is 7.33. The number of para-hydroxylation sites is 1. The number of hydrogen-bond donors (Lipinski definition) is 2. The molecule has 0 aliphatic rings. The predicted octanol–water partition coefficient (Wildman–Crippen LogP) is 2.86. The van der Waals surface area contributed by atoms with Gasteiger partial charge >= 0.3 is 0 Å². The molecule has 0 bridgehead atoms. The third kappa shape index (κ3) is 7.77. The summed E-state index contributed by atoms with van der Waals surface area (Å²) in [7, 11) is 0. The Hall–Kier alpha value is -3.26. The number of carbonyl (C=O) groups is 2. The van der Waals surface area contributed by atoms with E-state index >= 15 is 0 Å². The summed E-state index contributed by atoms with van der Waals surface area (Å²) in [6.07, 6.45) is 6.19. The minimum atomic E-state index is -0.603. The number of ether oxygens (including phenoxy) is 1. The Kier molecular flexibility index (Phi) is 9.19. The van der Waals surface area contributed by atoms with Crippen LogP contribution in [0.5, 0.6) is 5.75 Å². The zero-order valence-electron chi connectivity index (χ0n) is 18.1. The molecule has 3 aromatic rings. The van der Waals surface area contributed by atoms with Crippen LogP contribution in [-0.2, 0) is 22.7 Å². The number of benzene rings is 2. The first-order valence-corrected chi connectivity index (χ1v) is 11.8. The van der Waals surface area contributed by atoms with E-state index in [1.165, 1.54) is 0 Å². The third-order valence-corrected chi connectivity index (χ3v) is 5.41. The van der Waals surface area contributed by atoms with Crippen molar-refractivity contribution in [3.63, 3.8) is 0 Å². The van der Waals surface area contributed by atoms with Gasteiger partial charge in [0.25, 0.3) is 5.91 Å². The predicted molar refractivity (Wildman–Crippen MR) is 126 cm³/mol. The standard InChI is InChI=1S/C24H28N4O3S/c1-32-15-12-22(27-23(29)18-31-21-6-3-2-4-7-21)24(30)25-16-19-8-10-20(11-9-19)17-28-14-5-13-26-28/h2-11,13-14,22H,12,15-18H2,1H3,(H,25,30)(H,27,29). The van der Waals surface area contributed by atoms with Crippen molar-refractivity contribution in [3.8, 4) is 5.75 Å². The lowest BCUT2D eigenvalue weighted by Gasteiger charge is -2.18. The monoisotopic (exact) mass is 452 g/mol. The lowest BCUT2D eigenvalue weighted by molar-refractivity contribution is -0.130. The van der Waals surface area contributed by atoms with Gasteiger partial charge in [-0.25, -0.2) is 0 Å². The fraction of sp³-hybridized carbons (Fsp3) is 0.292. The zero-order chi connectivity index (χ0) is 22.6. The minimum Gasteiger partial charge on any atom is -0.484 e. The molecule has 7 nitrogen and oxygen atoms in total. The van der Waals surface area contributed by atoms with Crippen molar-refractivity contribution in [2.45, 2.75) is 25.6 Å². The molecule has 0 fully saturated rings. The van der Waals surface area contributed by atoms with Crippen molar-refractivity contribution in [2.24, 2.45) is 0 Å². The van der Waals surface area contributed by atoms with E-state index in [0.29, 0.717) is 25.3 Å². The van der Waals surface area contributed by atoms with Crippen molar-refractivity contribution in [1.82, 2.24) is 20.4 Å². The molecule has 0 saturated carbocycles. The van der Waals surface area contributed by atoms with Gasteiger partial charge < -0.3 is 15.4 Å². The molecule has 2 aromatic carbocycles.